The van der Waals surface area contributed by atoms with Crippen LogP contribution < -0.4 is 0 Å². The van der Waals surface area contributed by atoms with Crippen LogP contribution in [0.3, 0.4) is 0 Å². The van der Waals surface area contributed by atoms with Crippen molar-refractivity contribution >= 4 is 16.2 Å². The monoisotopic (exact) mass is 315 g/mol. The van der Waals surface area contributed by atoms with Crippen molar-refractivity contribution in [1.29, 1.82) is 0 Å². The van der Waals surface area contributed by atoms with Gasteiger partial charge >= 0.3 is 6.09 Å². The lowest BCUT2D eigenvalue weighted by Crippen LogP contribution is -2.36. The Labute approximate surface area is 122 Å². The smallest absolute Gasteiger partial charge is 0.407 e. The first-order valence-corrected chi connectivity index (χ1v) is 7.84. The maximum atomic E-state index is 12.1. The number of aliphatic hydroxyl groups excluding tert-OH is 1. The molecule has 8 heteroatoms. The van der Waals surface area contributed by atoms with Crippen LogP contribution in [0.5, 0.6) is 0 Å². The summed E-state index contributed by atoms with van der Waals surface area (Å²) in [6, 6.07) is 5.56. The maximum Gasteiger partial charge on any atom is 0.407 e. The molecule has 1 fully saturated rings. The number of likely N-dealkylation sites (tertiary alicyclic amines) is 1. The van der Waals surface area contributed by atoms with Crippen LogP contribution in [0.25, 0.3) is 0 Å². The zero-order valence-electron chi connectivity index (χ0n) is 11.5. The van der Waals surface area contributed by atoms with Gasteiger partial charge in [-0.3, -0.25) is 4.18 Å². The molecule has 1 saturated heterocycles. The molecule has 0 saturated carbocycles. The summed E-state index contributed by atoms with van der Waals surface area (Å²) in [4.78, 5) is 12.0. The van der Waals surface area contributed by atoms with Crippen LogP contribution in [0.2, 0.25) is 0 Å². The minimum absolute atomic E-state index is 0.0300. The second kappa shape index (κ2) is 6.00. The van der Waals surface area contributed by atoms with Gasteiger partial charge in [-0.25, -0.2) is 4.79 Å². The van der Waals surface area contributed by atoms with E-state index >= 15 is 0 Å². The van der Waals surface area contributed by atoms with Crippen LogP contribution >= 0.6 is 0 Å². The lowest BCUT2D eigenvalue weighted by Gasteiger charge is -2.18. The number of amides is 1. The van der Waals surface area contributed by atoms with Crippen LogP contribution in [-0.2, 0) is 14.3 Å². The second-order valence-corrected chi connectivity index (χ2v) is 6.56. The van der Waals surface area contributed by atoms with Crippen LogP contribution in [0, 0.1) is 6.92 Å². The Hall–Kier alpha value is -1.64. The predicted molar refractivity (Wildman–Crippen MR) is 73.5 cm³/mol. The van der Waals surface area contributed by atoms with E-state index in [1.807, 2.05) is 6.92 Å². The normalized spacial score (nSPS) is 22.5. The summed E-state index contributed by atoms with van der Waals surface area (Å²) in [5.41, 5.74) is 0.923. The first-order valence-electron chi connectivity index (χ1n) is 6.44. The van der Waals surface area contributed by atoms with Gasteiger partial charge in [0.2, 0.25) is 0 Å². The van der Waals surface area contributed by atoms with E-state index in [2.05, 4.69) is 0 Å². The molecule has 21 heavy (non-hydrogen) atoms. The predicted octanol–water partition coefficient (Wildman–Crippen LogP) is 0.814. The Balaban J connectivity index is 2.11. The van der Waals surface area contributed by atoms with Crippen molar-refractivity contribution in [3.8, 4) is 0 Å². The van der Waals surface area contributed by atoms with Gasteiger partial charge in [-0.2, -0.15) is 8.42 Å². The summed E-state index contributed by atoms with van der Waals surface area (Å²) < 4.78 is 29.3. The third kappa shape index (κ3) is 3.52. The Bertz CT molecular complexity index is 612. The zero-order valence-corrected chi connectivity index (χ0v) is 12.3. The quantitative estimate of drug-likeness (QED) is 0.797. The maximum absolute atomic E-state index is 12.1. The number of nitrogens with zero attached hydrogens (tertiary/aromatic N) is 1. The molecule has 2 rings (SSSR count). The van der Waals surface area contributed by atoms with E-state index in [0.717, 1.165) is 10.5 Å². The minimum Gasteiger partial charge on any atom is -0.465 e. The average Bonchev–Trinajstić information content (AvgIpc) is 2.81. The number of carboxylic acid groups (broad SMARTS) is 1. The molecule has 0 bridgehead atoms. The van der Waals surface area contributed by atoms with Gasteiger partial charge in [-0.1, -0.05) is 17.7 Å². The molecule has 0 aliphatic carbocycles. The molecule has 1 aliphatic heterocycles. The molecular weight excluding hydrogens is 298 g/mol. The summed E-state index contributed by atoms with van der Waals surface area (Å²) >= 11 is 0. The molecule has 1 aliphatic rings. The van der Waals surface area contributed by atoms with Crippen LogP contribution in [-0.4, -0.2) is 54.9 Å². The number of rotatable bonds is 4. The molecule has 1 aromatic carbocycles. The fourth-order valence-corrected chi connectivity index (χ4v) is 3.37. The summed E-state index contributed by atoms with van der Waals surface area (Å²) in [6.07, 6.45) is -1.84. The molecule has 2 N–H and O–H groups in total. The molecule has 0 spiro atoms. The Morgan fingerprint density at radius 1 is 1.38 bits per heavy atom. The Kier molecular flexibility index (Phi) is 4.50. The van der Waals surface area contributed by atoms with Gasteiger partial charge in [0.1, 0.15) is 0 Å². The number of benzene rings is 1. The number of carbonyl (C=O) groups is 1. The highest BCUT2D eigenvalue weighted by molar-refractivity contribution is 7.86. The topological polar surface area (TPSA) is 104 Å². The minimum atomic E-state index is -3.94. The van der Waals surface area contributed by atoms with E-state index in [-0.39, 0.29) is 24.5 Å². The fourth-order valence-electron chi connectivity index (χ4n) is 2.29. The van der Waals surface area contributed by atoms with E-state index < -0.39 is 28.4 Å². The van der Waals surface area contributed by atoms with Crippen molar-refractivity contribution < 1.29 is 27.6 Å². The first kappa shape index (κ1) is 15.7. The van der Waals surface area contributed by atoms with Crippen LogP contribution in [0.1, 0.15) is 12.0 Å². The number of aryl methyl sites for hydroxylation is 1. The SMILES string of the molecule is Cc1ccc(S(=O)(=O)OC2C[C@@H](CO)N(C(=O)O)C2)cc1. The molecule has 1 unspecified atom stereocenters. The number of hydrogen-bond donors (Lipinski definition) is 2. The molecule has 0 aromatic heterocycles. The van der Waals surface area contributed by atoms with Crippen molar-refractivity contribution in [2.45, 2.75) is 30.4 Å². The van der Waals surface area contributed by atoms with Gasteiger partial charge in [-0.15, -0.1) is 0 Å². The van der Waals surface area contributed by atoms with Gasteiger partial charge in [-0.05, 0) is 25.5 Å². The van der Waals surface area contributed by atoms with Gasteiger partial charge in [0.15, 0.2) is 0 Å². The van der Waals surface area contributed by atoms with Crippen molar-refractivity contribution in [1.82, 2.24) is 4.90 Å². The van der Waals surface area contributed by atoms with E-state index in [0.29, 0.717) is 0 Å². The zero-order chi connectivity index (χ0) is 15.6. The second-order valence-electron chi connectivity index (χ2n) is 4.99. The van der Waals surface area contributed by atoms with Gasteiger partial charge in [0.05, 0.1) is 30.2 Å². The number of aliphatic hydroxyl groups is 1. The van der Waals surface area contributed by atoms with E-state index in [4.69, 9.17) is 14.4 Å². The standard InChI is InChI=1S/C13H17NO6S/c1-9-2-4-12(5-3-9)21(18,19)20-11-6-10(8-15)14(7-11)13(16)17/h2-5,10-11,15H,6-8H2,1H3,(H,16,17)/t10-,11?/m0/s1. The molecule has 7 nitrogen and oxygen atoms in total. The van der Waals surface area contributed by atoms with Gasteiger partial charge < -0.3 is 15.1 Å². The van der Waals surface area contributed by atoms with Crippen molar-refractivity contribution in [3.63, 3.8) is 0 Å². The van der Waals surface area contributed by atoms with E-state index in [1.165, 1.54) is 12.1 Å². The highest BCUT2D eigenvalue weighted by Gasteiger charge is 2.38. The highest BCUT2D eigenvalue weighted by Crippen LogP contribution is 2.24. The van der Waals surface area contributed by atoms with Crippen LogP contribution in [0.15, 0.2) is 29.2 Å². The molecule has 2 atom stereocenters. The summed E-state index contributed by atoms with van der Waals surface area (Å²) in [5, 5.41) is 18.1. The highest BCUT2D eigenvalue weighted by atomic mass is 32.2. The number of hydrogen-bond acceptors (Lipinski definition) is 5. The lowest BCUT2D eigenvalue weighted by molar-refractivity contribution is 0.116. The summed E-state index contributed by atoms with van der Waals surface area (Å²) in [7, 11) is -3.94. The average molecular weight is 315 g/mol. The van der Waals surface area contributed by atoms with Crippen molar-refractivity contribution in [2.24, 2.45) is 0 Å². The third-order valence-corrected chi connectivity index (χ3v) is 4.78. The molecule has 1 amide bonds. The lowest BCUT2D eigenvalue weighted by atomic mass is 10.2. The van der Waals surface area contributed by atoms with Crippen LogP contribution in [0.4, 0.5) is 4.79 Å². The third-order valence-electron chi connectivity index (χ3n) is 3.40. The van der Waals surface area contributed by atoms with E-state index in [1.54, 1.807) is 12.1 Å². The molecule has 1 aromatic rings. The first-order chi connectivity index (χ1) is 9.83. The molecular formula is C13H17NO6S. The van der Waals surface area contributed by atoms with E-state index in [9.17, 15) is 13.2 Å². The Morgan fingerprint density at radius 2 is 2.00 bits per heavy atom. The molecule has 0 radical (unpaired) electrons. The van der Waals surface area contributed by atoms with Gasteiger partial charge in [0, 0.05) is 0 Å². The van der Waals surface area contributed by atoms with Crippen molar-refractivity contribution in [3.05, 3.63) is 29.8 Å². The summed E-state index contributed by atoms with van der Waals surface area (Å²) in [5.74, 6) is 0. The largest absolute Gasteiger partial charge is 0.465 e. The Morgan fingerprint density at radius 3 is 2.48 bits per heavy atom. The summed E-state index contributed by atoms with van der Waals surface area (Å²) in [6.45, 7) is 1.40. The molecule has 116 valence electrons. The van der Waals surface area contributed by atoms with Gasteiger partial charge in [0.25, 0.3) is 10.1 Å². The van der Waals surface area contributed by atoms with Crippen molar-refractivity contribution in [2.75, 3.05) is 13.2 Å². The fraction of sp³-hybridized carbons (Fsp3) is 0.462. The molecule has 1 heterocycles.